The predicted octanol–water partition coefficient (Wildman–Crippen LogP) is 11.5. The Labute approximate surface area is 345 Å². The van der Waals surface area contributed by atoms with E-state index in [1.165, 1.54) is 22.4 Å². The first-order chi connectivity index (χ1) is 27.8. The normalized spacial score (nSPS) is 10.9. The van der Waals surface area contributed by atoms with Gasteiger partial charge in [-0.1, -0.05) is 43.3 Å². The average molecular weight is 788 g/mol. The maximum Gasteiger partial charge on any atom is 0.119 e. The van der Waals surface area contributed by atoms with E-state index in [0.717, 1.165) is 88.8 Å². The third-order valence-electron chi connectivity index (χ3n) is 9.44. The molecular formula is C49H73NO7. The maximum absolute atomic E-state index is 5.60. The van der Waals surface area contributed by atoms with Crippen molar-refractivity contribution in [2.24, 2.45) is 5.41 Å². The van der Waals surface area contributed by atoms with Crippen LogP contribution in [0.25, 0.3) is 0 Å². The van der Waals surface area contributed by atoms with Gasteiger partial charge in [0.15, 0.2) is 0 Å². The summed E-state index contributed by atoms with van der Waals surface area (Å²) in [4.78, 5) is 2.32. The molecule has 4 rings (SSSR count). The molecule has 0 spiro atoms. The van der Waals surface area contributed by atoms with Crippen molar-refractivity contribution in [3.8, 4) is 23.0 Å². The van der Waals surface area contributed by atoms with Gasteiger partial charge in [-0.3, -0.25) is 0 Å². The van der Waals surface area contributed by atoms with E-state index in [4.69, 9.17) is 33.2 Å². The molecule has 4 aromatic rings. The second kappa shape index (κ2) is 29.0. The molecule has 57 heavy (non-hydrogen) atoms. The molecule has 0 amide bonds. The summed E-state index contributed by atoms with van der Waals surface area (Å²) in [6, 6.07) is 33.3. The molecule has 0 aromatic heterocycles. The summed E-state index contributed by atoms with van der Waals surface area (Å²) >= 11 is 0. The third-order valence-corrected chi connectivity index (χ3v) is 9.44. The largest absolute Gasteiger partial charge is 0.494 e. The lowest BCUT2D eigenvalue weighted by Crippen LogP contribution is -2.36. The van der Waals surface area contributed by atoms with E-state index in [1.807, 2.05) is 97.0 Å². The van der Waals surface area contributed by atoms with E-state index in [1.54, 1.807) is 0 Å². The molecule has 0 aliphatic rings. The molecule has 0 saturated heterocycles. The van der Waals surface area contributed by atoms with E-state index in [0.29, 0.717) is 19.8 Å². The summed E-state index contributed by atoms with van der Waals surface area (Å²) in [6.07, 6.45) is 1.02. The summed E-state index contributed by atoms with van der Waals surface area (Å²) < 4.78 is 38.8. The van der Waals surface area contributed by atoms with Crippen LogP contribution in [0.15, 0.2) is 97.1 Å². The molecule has 0 aliphatic heterocycles. The van der Waals surface area contributed by atoms with Gasteiger partial charge in [-0.2, -0.15) is 0 Å². The molecular weight excluding hydrogens is 715 g/mol. The van der Waals surface area contributed by atoms with Crippen molar-refractivity contribution in [2.75, 3.05) is 84.1 Å². The van der Waals surface area contributed by atoms with Crippen molar-refractivity contribution in [1.82, 2.24) is 0 Å². The number of rotatable bonds is 24. The molecule has 0 aliphatic carbocycles. The van der Waals surface area contributed by atoms with Crippen molar-refractivity contribution in [3.63, 3.8) is 0 Å². The third kappa shape index (κ3) is 17.4. The zero-order chi connectivity index (χ0) is 41.7. The molecule has 0 saturated carbocycles. The summed E-state index contributed by atoms with van der Waals surface area (Å²) in [5.74, 6) is 3.75. The Morgan fingerprint density at radius 2 is 0.667 bits per heavy atom. The molecule has 0 atom stereocenters. The van der Waals surface area contributed by atoms with Crippen LogP contribution in [0, 0.1) is 5.41 Å². The lowest BCUT2D eigenvalue weighted by molar-refractivity contribution is -0.0658. The Morgan fingerprint density at radius 3 is 0.895 bits per heavy atom. The van der Waals surface area contributed by atoms with Gasteiger partial charge in [0, 0.05) is 49.9 Å². The van der Waals surface area contributed by atoms with Gasteiger partial charge in [0.05, 0.1) is 46.2 Å². The van der Waals surface area contributed by atoms with Crippen molar-refractivity contribution in [1.29, 1.82) is 0 Å². The van der Waals surface area contributed by atoms with Crippen LogP contribution in [0.2, 0.25) is 0 Å². The summed E-state index contributed by atoms with van der Waals surface area (Å²) in [5, 5.41) is 0. The predicted molar refractivity (Wildman–Crippen MR) is 237 cm³/mol. The molecule has 8 nitrogen and oxygen atoms in total. The highest BCUT2D eigenvalue weighted by Gasteiger charge is 2.29. The number of hydrogen-bond acceptors (Lipinski definition) is 8. The number of anilines is 1. The van der Waals surface area contributed by atoms with Crippen molar-refractivity contribution in [2.45, 2.75) is 81.6 Å². The maximum atomic E-state index is 5.60. The van der Waals surface area contributed by atoms with Crippen LogP contribution >= 0.6 is 0 Å². The topological polar surface area (TPSA) is 67.9 Å². The summed E-state index contributed by atoms with van der Waals surface area (Å²) in [6.45, 7) is 29.8. The minimum absolute atomic E-state index is 0.0298. The first kappa shape index (κ1) is 48.9. The molecule has 316 valence electrons. The van der Waals surface area contributed by atoms with Gasteiger partial charge in [0.2, 0.25) is 0 Å². The van der Waals surface area contributed by atoms with Crippen molar-refractivity contribution in [3.05, 3.63) is 114 Å². The second-order valence-electron chi connectivity index (χ2n) is 13.3. The highest BCUT2D eigenvalue weighted by Crippen LogP contribution is 2.35. The molecule has 0 heterocycles. The molecule has 0 fully saturated rings. The van der Waals surface area contributed by atoms with Gasteiger partial charge >= 0.3 is 0 Å². The number of benzene rings is 4. The highest BCUT2D eigenvalue weighted by molar-refractivity contribution is 5.49. The van der Waals surface area contributed by atoms with E-state index in [2.05, 4.69) is 74.2 Å². The molecule has 8 heteroatoms. The van der Waals surface area contributed by atoms with Gasteiger partial charge in [-0.25, -0.2) is 0 Å². The van der Waals surface area contributed by atoms with Crippen LogP contribution in [0.1, 0.15) is 98.3 Å². The number of ether oxygens (including phenoxy) is 7. The number of hydrogen-bond donors (Lipinski definition) is 0. The van der Waals surface area contributed by atoms with E-state index in [-0.39, 0.29) is 11.3 Å². The van der Waals surface area contributed by atoms with Crippen LogP contribution < -0.4 is 23.8 Å². The first-order valence-electron chi connectivity index (χ1n) is 21.2. The summed E-state index contributed by atoms with van der Waals surface area (Å²) in [7, 11) is 0. The Hall–Kier alpha value is -4.24. The molecule has 4 aromatic carbocycles. The van der Waals surface area contributed by atoms with Gasteiger partial charge < -0.3 is 38.1 Å². The minimum atomic E-state index is 0.0298. The zero-order valence-corrected chi connectivity index (χ0v) is 36.8. The average Bonchev–Trinajstić information content (AvgIpc) is 3.25. The fourth-order valence-corrected chi connectivity index (χ4v) is 6.24. The fraction of sp³-hybridized carbons (Fsp3) is 0.510. The van der Waals surface area contributed by atoms with Crippen molar-refractivity contribution >= 4 is 5.69 Å². The molecule has 0 unspecified atom stereocenters. The SMILES string of the molecule is CCOCC(CC)(COCC)COCC.CCOc1ccc(C(c2ccc(OCC)cc2)c2ccc(OCC)cc2)cc1.CCOc1ccc(N(CC)CC)cc1. The Kier molecular flexibility index (Phi) is 24.9. The zero-order valence-electron chi connectivity index (χ0n) is 36.8. The smallest absolute Gasteiger partial charge is 0.119 e. The van der Waals surface area contributed by atoms with E-state index < -0.39 is 0 Å². The molecule has 0 radical (unpaired) electrons. The van der Waals surface area contributed by atoms with Crippen LogP contribution in [-0.2, 0) is 14.2 Å². The van der Waals surface area contributed by atoms with Crippen LogP contribution in [-0.4, -0.2) is 79.2 Å². The molecule has 0 N–H and O–H groups in total. The van der Waals surface area contributed by atoms with E-state index >= 15 is 0 Å². The highest BCUT2D eigenvalue weighted by atomic mass is 16.5. The van der Waals surface area contributed by atoms with Crippen LogP contribution in [0.3, 0.4) is 0 Å². The Bertz CT molecular complexity index is 1400. The van der Waals surface area contributed by atoms with Crippen LogP contribution in [0.5, 0.6) is 23.0 Å². The van der Waals surface area contributed by atoms with Crippen molar-refractivity contribution < 1.29 is 33.2 Å². The van der Waals surface area contributed by atoms with Gasteiger partial charge in [0.25, 0.3) is 0 Å². The lowest BCUT2D eigenvalue weighted by atomic mass is 9.85. The van der Waals surface area contributed by atoms with Crippen LogP contribution in [0.4, 0.5) is 5.69 Å². The molecule has 0 bridgehead atoms. The minimum Gasteiger partial charge on any atom is -0.494 e. The quantitative estimate of drug-likeness (QED) is 0.0651. The lowest BCUT2D eigenvalue weighted by Gasteiger charge is -2.31. The van der Waals surface area contributed by atoms with Gasteiger partial charge in [-0.05, 0) is 146 Å². The standard InChI is InChI=1S/C25H28O3.C12H19NO.C12H26O3/c1-4-26-22-13-7-19(8-14-22)25(20-9-15-23(16-10-20)27-5-2)21-11-17-24(18-12-21)28-6-3;1-4-13(5-2)11-7-9-12(10-8-11)14-6-3;1-5-12(9-13-6-2,10-14-7-3)11-15-8-4/h7-18,25H,4-6H2,1-3H3;7-10H,4-6H2,1-3H3;5-11H2,1-4H3. The second-order valence-corrected chi connectivity index (χ2v) is 13.3. The van der Waals surface area contributed by atoms with Gasteiger partial charge in [-0.15, -0.1) is 0 Å². The van der Waals surface area contributed by atoms with Gasteiger partial charge in [0.1, 0.15) is 23.0 Å². The first-order valence-corrected chi connectivity index (χ1v) is 21.2. The fourth-order valence-electron chi connectivity index (χ4n) is 6.24. The Morgan fingerprint density at radius 1 is 0.386 bits per heavy atom. The van der Waals surface area contributed by atoms with E-state index in [9.17, 15) is 0 Å². The monoisotopic (exact) mass is 788 g/mol. The Balaban J connectivity index is 0.000000327. The number of nitrogens with zero attached hydrogens (tertiary/aromatic N) is 1. The summed E-state index contributed by atoms with van der Waals surface area (Å²) in [5.41, 5.74) is 4.95.